The zero-order valence-corrected chi connectivity index (χ0v) is 23.7. The van der Waals surface area contributed by atoms with Gasteiger partial charge < -0.3 is 14.5 Å². The summed E-state index contributed by atoms with van der Waals surface area (Å²) in [7, 11) is 0. The first-order chi connectivity index (χ1) is 19.0. The van der Waals surface area contributed by atoms with E-state index in [1.54, 1.807) is 38.1 Å². The maximum absolute atomic E-state index is 14.8. The average molecular weight is 601 g/mol. The highest BCUT2D eigenvalue weighted by molar-refractivity contribution is 7.14. The molecule has 0 atom stereocenters. The molecule has 0 spiro atoms. The molecular formula is C27H26F6N4OS2. The van der Waals surface area contributed by atoms with E-state index in [1.165, 1.54) is 4.90 Å². The van der Waals surface area contributed by atoms with Gasteiger partial charge in [-0.25, -0.2) is 13.8 Å². The molecule has 0 N–H and O–H groups in total. The SMILES string of the molecule is CCN(CC)c1ccc(-c2nc(Oc3nc(-c4cc(F)c(N(CC)CC)c(F)c4)c(F)s3)sc2C(F)(F)F)cc1. The summed E-state index contributed by atoms with van der Waals surface area (Å²) >= 11 is 0.640. The Hall–Kier alpha value is -3.32. The number of aromatic nitrogens is 2. The minimum Gasteiger partial charge on any atom is -0.402 e. The molecule has 2 aromatic carbocycles. The number of anilines is 2. The van der Waals surface area contributed by atoms with Gasteiger partial charge in [-0.3, -0.25) is 0 Å². The van der Waals surface area contributed by atoms with E-state index >= 15 is 0 Å². The van der Waals surface area contributed by atoms with Gasteiger partial charge in [-0.1, -0.05) is 23.5 Å². The van der Waals surface area contributed by atoms with Crippen LogP contribution in [0.4, 0.5) is 37.7 Å². The summed E-state index contributed by atoms with van der Waals surface area (Å²) in [6.07, 6.45) is -4.72. The van der Waals surface area contributed by atoms with Crippen molar-refractivity contribution in [3.05, 3.63) is 58.0 Å². The number of hydrogen-bond acceptors (Lipinski definition) is 7. The molecule has 0 saturated carbocycles. The molecule has 0 bridgehead atoms. The third kappa shape index (κ3) is 6.04. The minimum atomic E-state index is -4.72. The van der Waals surface area contributed by atoms with Crippen molar-refractivity contribution in [3.63, 3.8) is 0 Å². The Bertz CT molecular complexity index is 1440. The molecule has 214 valence electrons. The van der Waals surface area contributed by atoms with Crippen LogP contribution in [0.5, 0.6) is 10.4 Å². The van der Waals surface area contributed by atoms with Crippen LogP contribution in [-0.4, -0.2) is 36.1 Å². The summed E-state index contributed by atoms with van der Waals surface area (Å²) in [5, 5.41) is -1.67. The number of thiazole rings is 2. The van der Waals surface area contributed by atoms with Crippen LogP contribution < -0.4 is 14.5 Å². The Morgan fingerprint density at radius 2 is 1.25 bits per heavy atom. The van der Waals surface area contributed by atoms with Crippen LogP contribution in [-0.2, 0) is 6.18 Å². The van der Waals surface area contributed by atoms with Crippen molar-refractivity contribution in [3.8, 4) is 32.9 Å². The molecule has 5 nitrogen and oxygen atoms in total. The van der Waals surface area contributed by atoms with Crippen LogP contribution >= 0.6 is 22.7 Å². The number of rotatable bonds is 10. The molecule has 0 unspecified atom stereocenters. The highest BCUT2D eigenvalue weighted by atomic mass is 32.1. The predicted molar refractivity (Wildman–Crippen MR) is 147 cm³/mol. The molecule has 4 aromatic rings. The number of halogens is 6. The lowest BCUT2D eigenvalue weighted by Crippen LogP contribution is -2.24. The molecule has 2 heterocycles. The third-order valence-electron chi connectivity index (χ3n) is 6.25. The lowest BCUT2D eigenvalue weighted by Gasteiger charge is -2.22. The minimum absolute atomic E-state index is 0.168. The van der Waals surface area contributed by atoms with Crippen molar-refractivity contribution in [2.75, 3.05) is 36.0 Å². The molecule has 0 saturated heterocycles. The van der Waals surface area contributed by atoms with E-state index in [1.807, 2.05) is 18.7 Å². The largest absolute Gasteiger partial charge is 0.427 e. The van der Waals surface area contributed by atoms with E-state index in [9.17, 15) is 26.3 Å². The van der Waals surface area contributed by atoms with E-state index < -0.39 is 33.0 Å². The first kappa shape index (κ1) is 29.7. The monoisotopic (exact) mass is 600 g/mol. The van der Waals surface area contributed by atoms with E-state index in [-0.39, 0.29) is 44.7 Å². The molecule has 0 aliphatic carbocycles. The lowest BCUT2D eigenvalue weighted by atomic mass is 10.1. The number of ether oxygens (including phenoxy) is 1. The van der Waals surface area contributed by atoms with Crippen LogP contribution in [0.15, 0.2) is 36.4 Å². The van der Waals surface area contributed by atoms with Crippen LogP contribution in [0.25, 0.3) is 22.5 Å². The van der Waals surface area contributed by atoms with Gasteiger partial charge in [0.1, 0.15) is 27.9 Å². The van der Waals surface area contributed by atoms with Crippen molar-refractivity contribution in [1.82, 2.24) is 9.97 Å². The van der Waals surface area contributed by atoms with Crippen molar-refractivity contribution in [2.24, 2.45) is 0 Å². The van der Waals surface area contributed by atoms with Crippen molar-refractivity contribution in [2.45, 2.75) is 33.9 Å². The van der Waals surface area contributed by atoms with Gasteiger partial charge in [-0.2, -0.15) is 22.5 Å². The molecule has 0 fully saturated rings. The molecule has 0 amide bonds. The summed E-state index contributed by atoms with van der Waals surface area (Å²) in [5.74, 6) is -1.78. The topological polar surface area (TPSA) is 41.5 Å². The van der Waals surface area contributed by atoms with Crippen LogP contribution in [0, 0.1) is 16.8 Å². The second-order valence-electron chi connectivity index (χ2n) is 8.54. The average Bonchev–Trinajstić information content (AvgIpc) is 3.50. The molecule has 0 aliphatic rings. The number of alkyl halides is 3. The van der Waals surface area contributed by atoms with Gasteiger partial charge in [-0.05, 0) is 63.3 Å². The second-order valence-corrected chi connectivity index (χ2v) is 10.4. The molecule has 4 rings (SSSR count). The molecule has 40 heavy (non-hydrogen) atoms. The second kappa shape index (κ2) is 12.0. The maximum Gasteiger partial charge on any atom is 0.427 e. The van der Waals surface area contributed by atoms with Crippen LogP contribution in [0.1, 0.15) is 32.6 Å². The highest BCUT2D eigenvalue weighted by Crippen LogP contribution is 2.45. The molecule has 0 aliphatic heterocycles. The normalized spacial score (nSPS) is 11.7. The molecule has 13 heteroatoms. The number of nitrogens with zero attached hydrogens (tertiary/aromatic N) is 4. The van der Waals surface area contributed by atoms with Crippen molar-refractivity contribution in [1.29, 1.82) is 0 Å². The predicted octanol–water partition coefficient (Wildman–Crippen LogP) is 8.85. The van der Waals surface area contributed by atoms with Crippen molar-refractivity contribution < 1.29 is 31.1 Å². The molecular weight excluding hydrogens is 574 g/mol. The van der Waals surface area contributed by atoms with Gasteiger partial charge in [-0.15, -0.1) is 0 Å². The summed E-state index contributed by atoms with van der Waals surface area (Å²) in [5.41, 5.74) is -0.0207. The third-order valence-corrected chi connectivity index (χ3v) is 7.95. The quantitative estimate of drug-likeness (QED) is 0.170. The van der Waals surface area contributed by atoms with Gasteiger partial charge in [0.05, 0.1) is 5.69 Å². The first-order valence-corrected chi connectivity index (χ1v) is 14.2. The smallest absolute Gasteiger partial charge is 0.402 e. The Balaban J connectivity index is 1.65. The summed E-state index contributed by atoms with van der Waals surface area (Å²) in [4.78, 5) is 10.5. The fraction of sp³-hybridized carbons (Fsp3) is 0.333. The van der Waals surface area contributed by atoms with Crippen molar-refractivity contribution >= 4 is 34.0 Å². The Morgan fingerprint density at radius 1 is 0.725 bits per heavy atom. The van der Waals surface area contributed by atoms with Crippen LogP contribution in [0.3, 0.4) is 0 Å². The highest BCUT2D eigenvalue weighted by Gasteiger charge is 2.38. The van der Waals surface area contributed by atoms with E-state index in [0.29, 0.717) is 24.4 Å². The standard InChI is InChI=1S/C27H26F6N4OS2/c1-5-36(6-2)17-11-9-15(10-12-17)20-23(27(31,32)33)39-25(34-20)38-26-35-21(24(30)40-26)16-13-18(28)22(19(29)14-16)37(7-3)8-4/h9-14H,5-8H2,1-4H3. The zero-order chi connectivity index (χ0) is 29.2. The Labute approximate surface area is 235 Å². The summed E-state index contributed by atoms with van der Waals surface area (Å²) < 4.78 is 91.3. The number of hydrogen-bond donors (Lipinski definition) is 0. The maximum atomic E-state index is 14.8. The van der Waals surface area contributed by atoms with Gasteiger partial charge in [0.25, 0.3) is 10.4 Å². The van der Waals surface area contributed by atoms with Gasteiger partial charge in [0.2, 0.25) is 5.13 Å². The molecule has 2 aromatic heterocycles. The summed E-state index contributed by atoms with van der Waals surface area (Å²) in [6, 6.07) is 8.46. The van der Waals surface area contributed by atoms with E-state index in [4.69, 9.17) is 4.74 Å². The Morgan fingerprint density at radius 3 is 1.77 bits per heavy atom. The Kier molecular flexibility index (Phi) is 8.93. The lowest BCUT2D eigenvalue weighted by molar-refractivity contribution is -0.134. The van der Waals surface area contributed by atoms with E-state index in [2.05, 4.69) is 9.97 Å². The fourth-order valence-corrected chi connectivity index (χ4v) is 5.81. The first-order valence-electron chi connectivity index (χ1n) is 12.5. The fourth-order valence-electron chi connectivity index (χ4n) is 4.27. The summed E-state index contributed by atoms with van der Waals surface area (Å²) in [6.45, 7) is 9.65. The van der Waals surface area contributed by atoms with E-state index in [0.717, 1.165) is 30.9 Å². The van der Waals surface area contributed by atoms with Gasteiger partial charge in [0.15, 0.2) is 0 Å². The van der Waals surface area contributed by atoms with Crippen LogP contribution in [0.2, 0.25) is 0 Å². The number of benzene rings is 2. The molecule has 0 radical (unpaired) electrons. The van der Waals surface area contributed by atoms with Gasteiger partial charge >= 0.3 is 6.18 Å². The zero-order valence-electron chi connectivity index (χ0n) is 22.1. The van der Waals surface area contributed by atoms with Gasteiger partial charge in [0, 0.05) is 43.0 Å².